The van der Waals surface area contributed by atoms with Crippen molar-refractivity contribution in [1.29, 1.82) is 0 Å². The summed E-state index contributed by atoms with van der Waals surface area (Å²) in [5.41, 5.74) is 6.70. The molecule has 1 aliphatic carbocycles. The maximum atomic E-state index is 5.57. The van der Waals surface area contributed by atoms with E-state index >= 15 is 0 Å². The molecular formula is C11H17N3. The SMILES string of the molecule is CC1CCC(c2ccnc(N)n2)CC1. The van der Waals surface area contributed by atoms with Gasteiger partial charge in [0.1, 0.15) is 0 Å². The van der Waals surface area contributed by atoms with Crippen LogP contribution in [0.15, 0.2) is 12.3 Å². The second-order valence-corrected chi connectivity index (χ2v) is 4.30. The van der Waals surface area contributed by atoms with E-state index in [0.29, 0.717) is 11.9 Å². The van der Waals surface area contributed by atoms with E-state index in [-0.39, 0.29) is 0 Å². The van der Waals surface area contributed by atoms with Crippen molar-refractivity contribution in [1.82, 2.24) is 9.97 Å². The van der Waals surface area contributed by atoms with Crippen molar-refractivity contribution in [3.8, 4) is 0 Å². The first-order chi connectivity index (χ1) is 6.75. The van der Waals surface area contributed by atoms with Crippen LogP contribution in [0.4, 0.5) is 5.95 Å². The highest BCUT2D eigenvalue weighted by molar-refractivity contribution is 5.19. The van der Waals surface area contributed by atoms with Gasteiger partial charge in [0.2, 0.25) is 5.95 Å². The fraction of sp³-hybridized carbons (Fsp3) is 0.636. The fourth-order valence-electron chi connectivity index (χ4n) is 2.17. The van der Waals surface area contributed by atoms with Crippen LogP contribution in [0, 0.1) is 5.92 Å². The predicted octanol–water partition coefficient (Wildman–Crippen LogP) is 2.35. The zero-order valence-corrected chi connectivity index (χ0v) is 8.61. The number of nitrogens with zero attached hydrogens (tertiary/aromatic N) is 2. The van der Waals surface area contributed by atoms with Gasteiger partial charge in [0.05, 0.1) is 0 Å². The van der Waals surface area contributed by atoms with Crippen molar-refractivity contribution in [3.05, 3.63) is 18.0 Å². The Labute approximate surface area is 84.8 Å². The quantitative estimate of drug-likeness (QED) is 0.741. The van der Waals surface area contributed by atoms with Crippen LogP contribution in [-0.2, 0) is 0 Å². The molecule has 0 atom stereocenters. The van der Waals surface area contributed by atoms with E-state index in [0.717, 1.165) is 11.6 Å². The highest BCUT2D eigenvalue weighted by atomic mass is 15.0. The molecule has 0 aromatic carbocycles. The standard InChI is InChI=1S/C11H17N3/c1-8-2-4-9(5-3-8)10-6-7-13-11(12)14-10/h6-9H,2-5H2,1H3,(H2,12,13,14). The van der Waals surface area contributed by atoms with Gasteiger partial charge in [-0.2, -0.15) is 0 Å². The first-order valence-electron chi connectivity index (χ1n) is 5.34. The summed E-state index contributed by atoms with van der Waals surface area (Å²) in [4.78, 5) is 8.20. The van der Waals surface area contributed by atoms with E-state index in [1.165, 1.54) is 25.7 Å². The summed E-state index contributed by atoms with van der Waals surface area (Å²) in [7, 11) is 0. The summed E-state index contributed by atoms with van der Waals surface area (Å²) in [5, 5.41) is 0. The lowest BCUT2D eigenvalue weighted by atomic mass is 9.81. The number of hydrogen-bond acceptors (Lipinski definition) is 3. The largest absolute Gasteiger partial charge is 0.368 e. The van der Waals surface area contributed by atoms with E-state index in [4.69, 9.17) is 5.73 Å². The molecule has 3 heteroatoms. The van der Waals surface area contributed by atoms with Crippen LogP contribution < -0.4 is 5.73 Å². The predicted molar refractivity (Wildman–Crippen MR) is 56.8 cm³/mol. The Bertz CT molecular complexity index is 303. The lowest BCUT2D eigenvalue weighted by molar-refractivity contribution is 0.344. The van der Waals surface area contributed by atoms with E-state index in [9.17, 15) is 0 Å². The molecule has 0 radical (unpaired) electrons. The van der Waals surface area contributed by atoms with E-state index in [2.05, 4.69) is 16.9 Å². The molecule has 76 valence electrons. The Kier molecular flexibility index (Phi) is 2.66. The third-order valence-corrected chi connectivity index (χ3v) is 3.13. The minimum Gasteiger partial charge on any atom is -0.368 e. The molecule has 1 fully saturated rings. The molecule has 0 spiro atoms. The lowest BCUT2D eigenvalue weighted by Gasteiger charge is -2.25. The molecule has 0 aliphatic heterocycles. The van der Waals surface area contributed by atoms with Crippen LogP contribution in [-0.4, -0.2) is 9.97 Å². The number of hydrogen-bond donors (Lipinski definition) is 1. The molecule has 1 saturated carbocycles. The van der Waals surface area contributed by atoms with E-state index in [1.807, 2.05) is 6.07 Å². The average molecular weight is 191 g/mol. The van der Waals surface area contributed by atoms with Crippen molar-refractivity contribution in [2.24, 2.45) is 5.92 Å². The van der Waals surface area contributed by atoms with Crippen molar-refractivity contribution in [3.63, 3.8) is 0 Å². The Balaban J connectivity index is 2.08. The fourth-order valence-corrected chi connectivity index (χ4v) is 2.17. The van der Waals surface area contributed by atoms with Gasteiger partial charge in [-0.3, -0.25) is 0 Å². The smallest absolute Gasteiger partial charge is 0.220 e. The average Bonchev–Trinajstić information content (AvgIpc) is 2.19. The molecular weight excluding hydrogens is 174 g/mol. The molecule has 0 bridgehead atoms. The summed E-state index contributed by atoms with van der Waals surface area (Å²) in [6, 6.07) is 2.00. The van der Waals surface area contributed by atoms with Crippen molar-refractivity contribution >= 4 is 5.95 Å². The lowest BCUT2D eigenvalue weighted by Crippen LogP contribution is -2.12. The second-order valence-electron chi connectivity index (χ2n) is 4.30. The van der Waals surface area contributed by atoms with Gasteiger partial charge in [0.25, 0.3) is 0 Å². The van der Waals surface area contributed by atoms with Crippen LogP contribution in [0.3, 0.4) is 0 Å². The molecule has 2 rings (SSSR count). The summed E-state index contributed by atoms with van der Waals surface area (Å²) >= 11 is 0. The Hall–Kier alpha value is -1.12. The summed E-state index contributed by atoms with van der Waals surface area (Å²) < 4.78 is 0. The molecule has 1 aliphatic rings. The molecule has 0 saturated heterocycles. The minimum atomic E-state index is 0.404. The third kappa shape index (κ3) is 2.03. The van der Waals surface area contributed by atoms with Gasteiger partial charge >= 0.3 is 0 Å². The molecule has 0 amide bonds. The zero-order valence-electron chi connectivity index (χ0n) is 8.61. The monoisotopic (exact) mass is 191 g/mol. The zero-order chi connectivity index (χ0) is 9.97. The van der Waals surface area contributed by atoms with Crippen LogP contribution >= 0.6 is 0 Å². The van der Waals surface area contributed by atoms with Crippen molar-refractivity contribution in [2.45, 2.75) is 38.5 Å². The van der Waals surface area contributed by atoms with Gasteiger partial charge in [-0.25, -0.2) is 9.97 Å². The Morgan fingerprint density at radius 2 is 2.00 bits per heavy atom. The topological polar surface area (TPSA) is 51.8 Å². The van der Waals surface area contributed by atoms with Gasteiger partial charge in [-0.15, -0.1) is 0 Å². The molecule has 1 heterocycles. The molecule has 14 heavy (non-hydrogen) atoms. The highest BCUT2D eigenvalue weighted by Crippen LogP contribution is 2.34. The second kappa shape index (κ2) is 3.95. The van der Waals surface area contributed by atoms with Crippen LogP contribution in [0.25, 0.3) is 0 Å². The van der Waals surface area contributed by atoms with Crippen molar-refractivity contribution < 1.29 is 0 Å². The Morgan fingerprint density at radius 1 is 1.29 bits per heavy atom. The van der Waals surface area contributed by atoms with Gasteiger partial charge in [-0.05, 0) is 24.8 Å². The number of nitrogens with two attached hydrogens (primary N) is 1. The van der Waals surface area contributed by atoms with Crippen LogP contribution in [0.1, 0.15) is 44.2 Å². The molecule has 1 aromatic heterocycles. The summed E-state index contributed by atoms with van der Waals surface area (Å²) in [6.07, 6.45) is 6.88. The molecule has 3 nitrogen and oxygen atoms in total. The Morgan fingerprint density at radius 3 is 2.64 bits per heavy atom. The van der Waals surface area contributed by atoms with Crippen LogP contribution in [0.2, 0.25) is 0 Å². The molecule has 1 aromatic rings. The van der Waals surface area contributed by atoms with Crippen molar-refractivity contribution in [2.75, 3.05) is 5.73 Å². The first-order valence-corrected chi connectivity index (χ1v) is 5.34. The van der Waals surface area contributed by atoms with Crippen LogP contribution in [0.5, 0.6) is 0 Å². The first kappa shape index (κ1) is 9.44. The van der Waals surface area contributed by atoms with Gasteiger partial charge in [-0.1, -0.05) is 19.8 Å². The maximum Gasteiger partial charge on any atom is 0.220 e. The maximum absolute atomic E-state index is 5.57. The third-order valence-electron chi connectivity index (χ3n) is 3.13. The van der Waals surface area contributed by atoms with Gasteiger partial charge < -0.3 is 5.73 Å². The summed E-state index contributed by atoms with van der Waals surface area (Å²) in [5.74, 6) is 1.89. The van der Waals surface area contributed by atoms with Gasteiger partial charge in [0.15, 0.2) is 0 Å². The summed E-state index contributed by atoms with van der Waals surface area (Å²) in [6.45, 7) is 2.32. The van der Waals surface area contributed by atoms with Gasteiger partial charge in [0, 0.05) is 17.8 Å². The number of rotatable bonds is 1. The normalized spacial score (nSPS) is 27.5. The van der Waals surface area contributed by atoms with E-state index in [1.54, 1.807) is 6.20 Å². The molecule has 2 N–H and O–H groups in total. The molecule has 0 unspecified atom stereocenters. The number of nitrogen functional groups attached to an aromatic ring is 1. The number of anilines is 1. The number of aromatic nitrogens is 2. The van der Waals surface area contributed by atoms with E-state index < -0.39 is 0 Å². The minimum absolute atomic E-state index is 0.404. The highest BCUT2D eigenvalue weighted by Gasteiger charge is 2.20.